The van der Waals surface area contributed by atoms with Crippen LogP contribution in [-0.2, 0) is 10.2 Å². The molecule has 0 unspecified atom stereocenters. The van der Waals surface area contributed by atoms with Crippen molar-refractivity contribution in [3.05, 3.63) is 11.8 Å². The van der Waals surface area contributed by atoms with E-state index >= 15 is 0 Å². The van der Waals surface area contributed by atoms with E-state index in [1.54, 1.807) is 6.07 Å². The predicted octanol–water partition coefficient (Wildman–Crippen LogP) is 2.89. The highest BCUT2D eigenvalue weighted by Gasteiger charge is 2.24. The SMILES string of the molecule is C[C@H]1C[C@H](C)CN(CC(=O)Nc2cc(C(C)(C)C)no2)C1. The fourth-order valence-electron chi connectivity index (χ4n) is 2.99. The molecule has 1 fully saturated rings. The van der Waals surface area contributed by atoms with Gasteiger partial charge in [-0.05, 0) is 18.3 Å². The second kappa shape index (κ2) is 6.18. The summed E-state index contributed by atoms with van der Waals surface area (Å²) in [4.78, 5) is 14.3. The number of likely N-dealkylation sites (tertiary alicyclic amines) is 1. The summed E-state index contributed by atoms with van der Waals surface area (Å²) < 4.78 is 5.19. The molecule has 1 N–H and O–H groups in total. The second-order valence-electron chi connectivity index (χ2n) is 7.51. The van der Waals surface area contributed by atoms with Gasteiger partial charge >= 0.3 is 0 Å². The first kappa shape index (κ1) is 16.0. The number of anilines is 1. The van der Waals surface area contributed by atoms with Gasteiger partial charge in [0.25, 0.3) is 0 Å². The number of carbonyl (C=O) groups is 1. The van der Waals surface area contributed by atoms with Crippen molar-refractivity contribution in [1.82, 2.24) is 10.1 Å². The van der Waals surface area contributed by atoms with Gasteiger partial charge in [-0.3, -0.25) is 15.0 Å². The van der Waals surface area contributed by atoms with Gasteiger partial charge in [-0.2, -0.15) is 0 Å². The van der Waals surface area contributed by atoms with Crippen LogP contribution in [0.2, 0.25) is 0 Å². The molecule has 21 heavy (non-hydrogen) atoms. The van der Waals surface area contributed by atoms with E-state index < -0.39 is 0 Å². The zero-order valence-electron chi connectivity index (χ0n) is 13.8. The van der Waals surface area contributed by atoms with E-state index in [9.17, 15) is 4.79 Å². The maximum absolute atomic E-state index is 12.1. The molecule has 1 aromatic heterocycles. The van der Waals surface area contributed by atoms with E-state index in [1.807, 2.05) is 0 Å². The highest BCUT2D eigenvalue weighted by atomic mass is 16.5. The van der Waals surface area contributed by atoms with E-state index in [1.165, 1.54) is 6.42 Å². The smallest absolute Gasteiger partial charge is 0.240 e. The second-order valence-corrected chi connectivity index (χ2v) is 7.51. The summed E-state index contributed by atoms with van der Waals surface area (Å²) in [5.41, 5.74) is 0.766. The Bertz CT molecular complexity index is 480. The number of amides is 1. The number of piperidine rings is 1. The lowest BCUT2D eigenvalue weighted by atomic mass is 9.92. The fourth-order valence-corrected chi connectivity index (χ4v) is 2.99. The number of hydrogen-bond acceptors (Lipinski definition) is 4. The summed E-state index contributed by atoms with van der Waals surface area (Å²) >= 11 is 0. The molecule has 0 spiro atoms. The van der Waals surface area contributed by atoms with Crippen LogP contribution in [-0.4, -0.2) is 35.6 Å². The van der Waals surface area contributed by atoms with Crippen molar-refractivity contribution in [3.8, 4) is 0 Å². The molecular weight excluding hydrogens is 266 g/mol. The molecule has 1 aliphatic heterocycles. The Balaban J connectivity index is 1.88. The molecule has 0 radical (unpaired) electrons. The third kappa shape index (κ3) is 4.56. The molecule has 2 rings (SSSR count). The Hall–Kier alpha value is -1.36. The van der Waals surface area contributed by atoms with Crippen LogP contribution >= 0.6 is 0 Å². The summed E-state index contributed by atoms with van der Waals surface area (Å²) in [7, 11) is 0. The van der Waals surface area contributed by atoms with E-state index in [4.69, 9.17) is 4.52 Å². The van der Waals surface area contributed by atoms with Gasteiger partial charge in [-0.1, -0.05) is 39.8 Å². The summed E-state index contributed by atoms with van der Waals surface area (Å²) in [6, 6.07) is 1.80. The van der Waals surface area contributed by atoms with E-state index in [2.05, 4.69) is 50.0 Å². The average Bonchev–Trinajstić information content (AvgIpc) is 2.75. The van der Waals surface area contributed by atoms with Crippen molar-refractivity contribution in [3.63, 3.8) is 0 Å². The fraction of sp³-hybridized carbons (Fsp3) is 0.750. The van der Waals surface area contributed by atoms with E-state index in [0.717, 1.165) is 18.8 Å². The Kier molecular flexibility index (Phi) is 4.71. The summed E-state index contributed by atoms with van der Waals surface area (Å²) in [5, 5.41) is 6.81. The van der Waals surface area contributed by atoms with Gasteiger partial charge in [0.05, 0.1) is 12.2 Å². The molecule has 118 valence electrons. The van der Waals surface area contributed by atoms with Crippen LogP contribution in [0.5, 0.6) is 0 Å². The highest BCUT2D eigenvalue weighted by molar-refractivity contribution is 5.91. The Morgan fingerprint density at radius 2 is 2.00 bits per heavy atom. The van der Waals surface area contributed by atoms with E-state index in [-0.39, 0.29) is 11.3 Å². The maximum Gasteiger partial charge on any atom is 0.240 e. The summed E-state index contributed by atoms with van der Waals surface area (Å²) in [6.45, 7) is 13.1. The molecule has 0 aromatic carbocycles. The zero-order chi connectivity index (χ0) is 15.6. The normalized spacial score (nSPS) is 24.0. The monoisotopic (exact) mass is 293 g/mol. The Morgan fingerprint density at radius 3 is 2.52 bits per heavy atom. The Labute approximate surface area is 127 Å². The summed E-state index contributed by atoms with van der Waals surface area (Å²) in [5.74, 6) is 1.70. The number of rotatable bonds is 3. The van der Waals surface area contributed by atoms with Gasteiger partial charge in [-0.25, -0.2) is 0 Å². The largest absolute Gasteiger partial charge is 0.338 e. The molecule has 1 aromatic rings. The van der Waals surface area contributed by atoms with Gasteiger partial charge in [0.15, 0.2) is 0 Å². The number of carbonyl (C=O) groups excluding carboxylic acids is 1. The minimum Gasteiger partial charge on any atom is -0.338 e. The number of nitrogens with one attached hydrogen (secondary N) is 1. The van der Waals surface area contributed by atoms with Gasteiger partial charge in [0.1, 0.15) is 0 Å². The lowest BCUT2D eigenvalue weighted by molar-refractivity contribution is -0.118. The highest BCUT2D eigenvalue weighted by Crippen LogP contribution is 2.24. The topological polar surface area (TPSA) is 58.4 Å². The molecule has 1 aliphatic rings. The van der Waals surface area contributed by atoms with Crippen LogP contribution in [0, 0.1) is 11.8 Å². The van der Waals surface area contributed by atoms with Crippen LogP contribution in [0.25, 0.3) is 0 Å². The lowest BCUT2D eigenvalue weighted by Gasteiger charge is -2.34. The molecule has 0 saturated carbocycles. The van der Waals surface area contributed by atoms with Crippen LogP contribution < -0.4 is 5.32 Å². The average molecular weight is 293 g/mol. The molecule has 0 bridgehead atoms. The first-order valence-electron chi connectivity index (χ1n) is 7.73. The van der Waals surface area contributed by atoms with Crippen LogP contribution in [0.3, 0.4) is 0 Å². The molecule has 5 heteroatoms. The number of nitrogens with zero attached hydrogens (tertiary/aromatic N) is 2. The zero-order valence-corrected chi connectivity index (χ0v) is 13.8. The minimum absolute atomic E-state index is 0.0343. The van der Waals surface area contributed by atoms with Crippen molar-refractivity contribution in [2.45, 2.75) is 46.5 Å². The standard InChI is InChI=1S/C16H27N3O2/c1-11-6-12(2)9-19(8-11)10-14(20)17-15-7-13(18-21-15)16(3,4)5/h7,11-12H,6,8-10H2,1-5H3,(H,17,20)/t11-,12-/m0/s1. The van der Waals surface area contributed by atoms with Crippen LogP contribution in [0.15, 0.2) is 10.6 Å². The first-order valence-corrected chi connectivity index (χ1v) is 7.73. The van der Waals surface area contributed by atoms with Crippen LogP contribution in [0.4, 0.5) is 5.88 Å². The van der Waals surface area contributed by atoms with Gasteiger partial charge in [-0.15, -0.1) is 0 Å². The third-order valence-electron chi connectivity index (χ3n) is 3.85. The van der Waals surface area contributed by atoms with Gasteiger partial charge < -0.3 is 4.52 Å². The first-order chi connectivity index (χ1) is 9.74. The van der Waals surface area contributed by atoms with Crippen molar-refractivity contribution < 1.29 is 9.32 Å². The Morgan fingerprint density at radius 1 is 1.38 bits per heavy atom. The molecule has 5 nitrogen and oxygen atoms in total. The van der Waals surface area contributed by atoms with E-state index in [0.29, 0.717) is 24.3 Å². The molecule has 1 saturated heterocycles. The van der Waals surface area contributed by atoms with Crippen molar-refractivity contribution in [2.75, 3.05) is 25.0 Å². The van der Waals surface area contributed by atoms with Crippen molar-refractivity contribution >= 4 is 11.8 Å². The minimum atomic E-state index is -0.0792. The van der Waals surface area contributed by atoms with Crippen molar-refractivity contribution in [1.29, 1.82) is 0 Å². The molecular formula is C16H27N3O2. The molecule has 2 atom stereocenters. The third-order valence-corrected chi connectivity index (χ3v) is 3.85. The molecule has 0 aliphatic carbocycles. The maximum atomic E-state index is 12.1. The lowest BCUT2D eigenvalue weighted by Crippen LogP contribution is -2.42. The summed E-state index contributed by atoms with van der Waals surface area (Å²) in [6.07, 6.45) is 1.25. The van der Waals surface area contributed by atoms with Gasteiger partial charge in [0.2, 0.25) is 11.8 Å². The number of aromatic nitrogens is 1. The molecule has 2 heterocycles. The number of hydrogen-bond donors (Lipinski definition) is 1. The van der Waals surface area contributed by atoms with Crippen LogP contribution in [0.1, 0.15) is 46.7 Å². The molecule has 1 amide bonds. The van der Waals surface area contributed by atoms with Crippen molar-refractivity contribution in [2.24, 2.45) is 11.8 Å². The quantitative estimate of drug-likeness (QED) is 0.931. The van der Waals surface area contributed by atoms with Gasteiger partial charge in [0, 0.05) is 24.6 Å². The predicted molar refractivity (Wildman–Crippen MR) is 83.2 cm³/mol.